The van der Waals surface area contributed by atoms with Gasteiger partial charge in [0, 0.05) is 12.3 Å². The molecule has 1 aliphatic carbocycles. The van der Waals surface area contributed by atoms with E-state index >= 15 is 0 Å². The highest BCUT2D eigenvalue weighted by Crippen LogP contribution is 2.34. The number of aliphatic hydroxyl groups is 1. The van der Waals surface area contributed by atoms with E-state index in [1.165, 1.54) is 0 Å². The third kappa shape index (κ3) is 3.45. The predicted molar refractivity (Wildman–Crippen MR) is 76.1 cm³/mol. The quantitative estimate of drug-likeness (QED) is 0.783. The first-order valence-electron chi connectivity index (χ1n) is 6.95. The molecule has 0 saturated carbocycles. The Balaban J connectivity index is 2.06. The lowest BCUT2D eigenvalue weighted by Gasteiger charge is -2.36. The van der Waals surface area contributed by atoms with Gasteiger partial charge in [0.2, 0.25) is 0 Å². The summed E-state index contributed by atoms with van der Waals surface area (Å²) < 4.78 is 11.5. The second kappa shape index (κ2) is 6.48. The van der Waals surface area contributed by atoms with Crippen LogP contribution in [0.25, 0.3) is 0 Å². The van der Waals surface area contributed by atoms with Gasteiger partial charge in [0.05, 0.1) is 19.3 Å². The molecule has 1 heterocycles. The Kier molecular flexibility index (Phi) is 4.91. The summed E-state index contributed by atoms with van der Waals surface area (Å²) >= 11 is 0. The van der Waals surface area contributed by atoms with Crippen LogP contribution in [0.2, 0.25) is 0 Å². The largest absolute Gasteiger partial charge is 0.392 e. The first kappa shape index (κ1) is 15.2. The van der Waals surface area contributed by atoms with E-state index in [0.29, 0.717) is 13.0 Å². The van der Waals surface area contributed by atoms with E-state index in [9.17, 15) is 9.90 Å². The van der Waals surface area contributed by atoms with Gasteiger partial charge in [-0.3, -0.25) is 4.79 Å². The maximum absolute atomic E-state index is 11.8. The number of ether oxygens (including phenoxy) is 2. The van der Waals surface area contributed by atoms with Gasteiger partial charge in [-0.25, -0.2) is 0 Å². The fraction of sp³-hybridized carbons (Fsp3) is 0.562. The van der Waals surface area contributed by atoms with E-state index < -0.39 is 6.29 Å². The van der Waals surface area contributed by atoms with Crippen molar-refractivity contribution in [2.45, 2.75) is 39.1 Å². The number of ketones is 1. The minimum Gasteiger partial charge on any atom is -0.392 e. The topological polar surface area (TPSA) is 55.8 Å². The van der Waals surface area contributed by atoms with Gasteiger partial charge in [0.1, 0.15) is 0 Å². The van der Waals surface area contributed by atoms with Crippen LogP contribution in [0.3, 0.4) is 0 Å². The molecule has 0 aromatic carbocycles. The number of fused-ring (bicyclic) bond motifs is 1. The lowest BCUT2D eigenvalue weighted by atomic mass is 9.80. The molecule has 2 rings (SSSR count). The summed E-state index contributed by atoms with van der Waals surface area (Å²) in [5, 5.41) is 9.49. The van der Waals surface area contributed by atoms with E-state index in [-0.39, 0.29) is 24.4 Å². The van der Waals surface area contributed by atoms with Crippen molar-refractivity contribution in [3.63, 3.8) is 0 Å². The number of rotatable bonds is 5. The highest BCUT2D eigenvalue weighted by molar-refractivity contribution is 5.96. The number of carbonyl (C=O) groups is 1. The summed E-state index contributed by atoms with van der Waals surface area (Å²) in [6.07, 6.45) is 4.17. The zero-order valence-corrected chi connectivity index (χ0v) is 12.1. The van der Waals surface area contributed by atoms with Gasteiger partial charge in [-0.05, 0) is 43.6 Å². The van der Waals surface area contributed by atoms with Crippen LogP contribution in [-0.4, -0.2) is 36.5 Å². The van der Waals surface area contributed by atoms with Crippen molar-refractivity contribution >= 4 is 5.78 Å². The van der Waals surface area contributed by atoms with Gasteiger partial charge in [-0.1, -0.05) is 5.57 Å². The third-order valence-corrected chi connectivity index (χ3v) is 3.77. The molecule has 0 spiro atoms. The number of allylic oxidation sites excluding steroid dienone is 1. The molecule has 2 aliphatic rings. The van der Waals surface area contributed by atoms with E-state index in [1.54, 1.807) is 13.0 Å². The van der Waals surface area contributed by atoms with Crippen molar-refractivity contribution < 1.29 is 19.4 Å². The molecule has 0 bridgehead atoms. The van der Waals surface area contributed by atoms with Crippen molar-refractivity contribution in [2.75, 3.05) is 13.2 Å². The standard InChI is InChI=1S/C16H22O4/c1-10(2)4-5-19-16-7-12(9-17)13-8-14(18)11(3)6-15(13)20-16/h6-7,13,15-17H,1,4-5,8-9H2,2-3H3. The maximum Gasteiger partial charge on any atom is 0.177 e. The van der Waals surface area contributed by atoms with Crippen LogP contribution < -0.4 is 0 Å². The highest BCUT2D eigenvalue weighted by atomic mass is 16.7. The van der Waals surface area contributed by atoms with Crippen LogP contribution in [-0.2, 0) is 14.3 Å². The van der Waals surface area contributed by atoms with Gasteiger partial charge in [0.15, 0.2) is 12.1 Å². The lowest BCUT2D eigenvalue weighted by Crippen LogP contribution is -2.39. The van der Waals surface area contributed by atoms with Gasteiger partial charge >= 0.3 is 0 Å². The fourth-order valence-electron chi connectivity index (χ4n) is 2.51. The molecule has 0 amide bonds. The van der Waals surface area contributed by atoms with Crippen molar-refractivity contribution in [3.8, 4) is 0 Å². The zero-order chi connectivity index (χ0) is 14.7. The van der Waals surface area contributed by atoms with Crippen LogP contribution in [0.15, 0.2) is 35.5 Å². The van der Waals surface area contributed by atoms with Gasteiger partial charge in [-0.15, -0.1) is 6.58 Å². The molecule has 0 radical (unpaired) electrons. The number of hydrogen-bond acceptors (Lipinski definition) is 4. The third-order valence-electron chi connectivity index (χ3n) is 3.77. The Labute approximate surface area is 119 Å². The Hall–Kier alpha value is -1.23. The summed E-state index contributed by atoms with van der Waals surface area (Å²) in [6.45, 7) is 8.06. The smallest absolute Gasteiger partial charge is 0.177 e. The summed E-state index contributed by atoms with van der Waals surface area (Å²) in [5.41, 5.74) is 2.62. The second-order valence-electron chi connectivity index (χ2n) is 5.53. The molecule has 3 atom stereocenters. The van der Waals surface area contributed by atoms with Gasteiger partial charge in [0.25, 0.3) is 0 Å². The van der Waals surface area contributed by atoms with Crippen LogP contribution in [0.4, 0.5) is 0 Å². The lowest BCUT2D eigenvalue weighted by molar-refractivity contribution is -0.153. The molecule has 4 heteroatoms. The first-order valence-corrected chi connectivity index (χ1v) is 6.95. The monoisotopic (exact) mass is 278 g/mol. The van der Waals surface area contributed by atoms with Crippen molar-refractivity contribution in [1.29, 1.82) is 0 Å². The normalized spacial score (nSPS) is 29.6. The second-order valence-corrected chi connectivity index (χ2v) is 5.53. The van der Waals surface area contributed by atoms with E-state index in [4.69, 9.17) is 9.47 Å². The summed E-state index contributed by atoms with van der Waals surface area (Å²) in [4.78, 5) is 11.8. The van der Waals surface area contributed by atoms with Crippen LogP contribution in [0.5, 0.6) is 0 Å². The molecule has 0 saturated heterocycles. The number of aliphatic hydroxyl groups excluding tert-OH is 1. The SMILES string of the molecule is C=C(C)CCOC1C=C(CO)C2CC(=O)C(C)=CC2O1. The van der Waals surface area contributed by atoms with Gasteiger partial charge < -0.3 is 14.6 Å². The van der Waals surface area contributed by atoms with E-state index in [1.807, 2.05) is 13.0 Å². The molecule has 1 N–H and O–H groups in total. The predicted octanol–water partition coefficient (Wildman–Crippen LogP) is 2.15. The Morgan fingerprint density at radius 2 is 2.30 bits per heavy atom. The maximum atomic E-state index is 11.8. The zero-order valence-electron chi connectivity index (χ0n) is 12.1. The van der Waals surface area contributed by atoms with E-state index in [0.717, 1.165) is 23.1 Å². The summed E-state index contributed by atoms with van der Waals surface area (Å²) in [6, 6.07) is 0. The molecular weight excluding hydrogens is 256 g/mol. The molecular formula is C16H22O4. The fourth-order valence-corrected chi connectivity index (χ4v) is 2.51. The minimum absolute atomic E-state index is 0.0582. The first-order chi connectivity index (χ1) is 9.51. The highest BCUT2D eigenvalue weighted by Gasteiger charge is 2.36. The van der Waals surface area contributed by atoms with Crippen molar-refractivity contribution in [2.24, 2.45) is 5.92 Å². The van der Waals surface area contributed by atoms with E-state index in [2.05, 4.69) is 6.58 Å². The Morgan fingerprint density at radius 3 is 2.95 bits per heavy atom. The van der Waals surface area contributed by atoms with Crippen LogP contribution >= 0.6 is 0 Å². The molecule has 110 valence electrons. The van der Waals surface area contributed by atoms with Crippen molar-refractivity contribution in [1.82, 2.24) is 0 Å². The number of carbonyl (C=O) groups excluding carboxylic acids is 1. The molecule has 4 nitrogen and oxygen atoms in total. The Morgan fingerprint density at radius 1 is 1.55 bits per heavy atom. The van der Waals surface area contributed by atoms with Gasteiger partial charge in [-0.2, -0.15) is 0 Å². The number of hydrogen-bond donors (Lipinski definition) is 1. The molecule has 0 aromatic heterocycles. The molecule has 0 fully saturated rings. The van der Waals surface area contributed by atoms with Crippen molar-refractivity contribution in [3.05, 3.63) is 35.5 Å². The summed E-state index contributed by atoms with van der Waals surface area (Å²) in [5.74, 6) is 0.0630. The summed E-state index contributed by atoms with van der Waals surface area (Å²) in [7, 11) is 0. The number of Topliss-reactive ketones (excluding diaryl/α,β-unsaturated/α-hetero) is 1. The average molecular weight is 278 g/mol. The molecule has 0 aromatic rings. The molecule has 20 heavy (non-hydrogen) atoms. The minimum atomic E-state index is -0.463. The molecule has 1 aliphatic heterocycles. The average Bonchev–Trinajstić information content (AvgIpc) is 2.39. The Bertz CT molecular complexity index is 461. The van der Waals surface area contributed by atoms with Crippen LogP contribution in [0, 0.1) is 5.92 Å². The van der Waals surface area contributed by atoms with Crippen LogP contribution in [0.1, 0.15) is 26.7 Å². The molecule has 3 unspecified atom stereocenters.